The molecule has 6 nitrogen and oxygen atoms in total. The maximum Gasteiger partial charge on any atom is 0.255 e. The van der Waals surface area contributed by atoms with E-state index in [2.05, 4.69) is 17.1 Å². The summed E-state index contributed by atoms with van der Waals surface area (Å²) in [7, 11) is -3.52. The van der Waals surface area contributed by atoms with Gasteiger partial charge >= 0.3 is 0 Å². The fourth-order valence-electron chi connectivity index (χ4n) is 3.05. The Morgan fingerprint density at radius 1 is 0.963 bits per heavy atom. The summed E-state index contributed by atoms with van der Waals surface area (Å²) in [6, 6.07) is 13.6. The standard InChI is InChI=1S/C20H25N3O3S/c1-3-22-12-14-23(15-13-22)27(25,26)19-10-6-17(7-11-19)20(24)21-18-8-4-16(2)5-9-18/h4-11H,3,12-15H2,1-2H3,(H,21,24). The van der Waals surface area contributed by atoms with Crippen molar-refractivity contribution in [2.24, 2.45) is 0 Å². The van der Waals surface area contributed by atoms with Crippen LogP contribution in [0.3, 0.4) is 0 Å². The van der Waals surface area contributed by atoms with Gasteiger partial charge in [-0.15, -0.1) is 0 Å². The van der Waals surface area contributed by atoms with Crippen molar-refractivity contribution < 1.29 is 13.2 Å². The van der Waals surface area contributed by atoms with Crippen molar-refractivity contribution in [2.45, 2.75) is 18.7 Å². The molecule has 1 N–H and O–H groups in total. The number of carbonyl (C=O) groups is 1. The predicted octanol–water partition coefficient (Wildman–Crippen LogP) is 2.57. The minimum Gasteiger partial charge on any atom is -0.322 e. The van der Waals surface area contributed by atoms with Crippen molar-refractivity contribution >= 4 is 21.6 Å². The zero-order chi connectivity index (χ0) is 19.4. The summed E-state index contributed by atoms with van der Waals surface area (Å²) in [5.74, 6) is -0.264. The summed E-state index contributed by atoms with van der Waals surface area (Å²) in [5, 5.41) is 2.81. The molecule has 27 heavy (non-hydrogen) atoms. The van der Waals surface area contributed by atoms with E-state index in [1.54, 1.807) is 12.1 Å². The Kier molecular flexibility index (Phi) is 5.94. The smallest absolute Gasteiger partial charge is 0.255 e. The molecule has 3 rings (SSSR count). The fraction of sp³-hybridized carbons (Fsp3) is 0.350. The Bertz CT molecular complexity index is 885. The molecule has 1 fully saturated rings. The van der Waals surface area contributed by atoms with Crippen molar-refractivity contribution in [3.8, 4) is 0 Å². The summed E-state index contributed by atoms with van der Waals surface area (Å²) in [5.41, 5.74) is 2.24. The van der Waals surface area contributed by atoms with E-state index in [4.69, 9.17) is 0 Å². The van der Waals surface area contributed by atoms with Crippen LogP contribution in [-0.2, 0) is 10.0 Å². The van der Waals surface area contributed by atoms with Crippen LogP contribution in [-0.4, -0.2) is 56.3 Å². The number of carbonyl (C=O) groups excluding carboxylic acids is 1. The van der Waals surface area contributed by atoms with Gasteiger partial charge in [-0.3, -0.25) is 4.79 Å². The number of anilines is 1. The monoisotopic (exact) mass is 387 g/mol. The van der Waals surface area contributed by atoms with Gasteiger partial charge in [-0.25, -0.2) is 8.42 Å². The van der Waals surface area contributed by atoms with Gasteiger partial charge in [0, 0.05) is 37.4 Å². The van der Waals surface area contributed by atoms with Gasteiger partial charge in [0.15, 0.2) is 0 Å². The molecule has 0 bridgehead atoms. The number of hydrogen-bond acceptors (Lipinski definition) is 4. The van der Waals surface area contributed by atoms with Gasteiger partial charge in [0.25, 0.3) is 5.91 Å². The van der Waals surface area contributed by atoms with Crippen molar-refractivity contribution in [3.05, 3.63) is 59.7 Å². The summed E-state index contributed by atoms with van der Waals surface area (Å²) < 4.78 is 27.1. The third kappa shape index (κ3) is 4.55. The Morgan fingerprint density at radius 2 is 1.56 bits per heavy atom. The summed E-state index contributed by atoms with van der Waals surface area (Å²) in [6.07, 6.45) is 0. The fourth-order valence-corrected chi connectivity index (χ4v) is 4.48. The van der Waals surface area contributed by atoms with Crippen LogP contribution in [0.2, 0.25) is 0 Å². The molecule has 144 valence electrons. The average Bonchev–Trinajstić information content (AvgIpc) is 2.70. The normalized spacial score (nSPS) is 16.2. The third-order valence-electron chi connectivity index (χ3n) is 4.84. The largest absolute Gasteiger partial charge is 0.322 e. The van der Waals surface area contributed by atoms with Crippen molar-refractivity contribution in [2.75, 3.05) is 38.0 Å². The number of piperazine rings is 1. The second-order valence-electron chi connectivity index (χ2n) is 6.68. The first-order chi connectivity index (χ1) is 12.9. The van der Waals surface area contributed by atoms with Crippen LogP contribution in [0.25, 0.3) is 0 Å². The lowest BCUT2D eigenvalue weighted by Crippen LogP contribution is -2.48. The van der Waals surface area contributed by atoms with E-state index < -0.39 is 10.0 Å². The van der Waals surface area contributed by atoms with Gasteiger partial charge in [-0.2, -0.15) is 4.31 Å². The molecule has 1 heterocycles. The van der Waals surface area contributed by atoms with Crippen LogP contribution < -0.4 is 5.32 Å². The van der Waals surface area contributed by atoms with Gasteiger partial charge in [0.1, 0.15) is 0 Å². The number of likely N-dealkylation sites (N-methyl/N-ethyl adjacent to an activating group) is 1. The molecular formula is C20H25N3O3S. The molecule has 7 heteroatoms. The number of rotatable bonds is 5. The van der Waals surface area contributed by atoms with Crippen LogP contribution in [0.15, 0.2) is 53.4 Å². The zero-order valence-electron chi connectivity index (χ0n) is 15.7. The van der Waals surface area contributed by atoms with Crippen molar-refractivity contribution in [1.29, 1.82) is 0 Å². The maximum atomic E-state index is 12.8. The maximum absolute atomic E-state index is 12.8. The highest BCUT2D eigenvalue weighted by atomic mass is 32.2. The minimum atomic E-state index is -3.52. The van der Waals surface area contributed by atoms with Gasteiger partial charge in [0.05, 0.1) is 4.90 Å². The number of amides is 1. The van der Waals surface area contributed by atoms with Crippen molar-refractivity contribution in [3.63, 3.8) is 0 Å². The highest BCUT2D eigenvalue weighted by Gasteiger charge is 2.28. The Morgan fingerprint density at radius 3 is 2.11 bits per heavy atom. The Hall–Kier alpha value is -2.22. The lowest BCUT2D eigenvalue weighted by molar-refractivity contribution is 0.102. The minimum absolute atomic E-state index is 0.222. The number of nitrogens with one attached hydrogen (secondary N) is 1. The van der Waals surface area contributed by atoms with Crippen LogP contribution in [0.1, 0.15) is 22.8 Å². The summed E-state index contributed by atoms with van der Waals surface area (Å²) in [6.45, 7) is 7.45. The van der Waals surface area contributed by atoms with E-state index in [1.807, 2.05) is 31.2 Å². The number of hydrogen-bond donors (Lipinski definition) is 1. The lowest BCUT2D eigenvalue weighted by atomic mass is 10.2. The molecule has 2 aromatic carbocycles. The molecule has 1 amide bonds. The molecule has 0 saturated carbocycles. The van der Waals surface area contributed by atoms with Crippen LogP contribution in [0.5, 0.6) is 0 Å². The van der Waals surface area contributed by atoms with Crippen LogP contribution in [0.4, 0.5) is 5.69 Å². The molecule has 0 unspecified atom stereocenters. The van der Waals surface area contributed by atoms with Crippen molar-refractivity contribution in [1.82, 2.24) is 9.21 Å². The van der Waals surface area contributed by atoms with Crippen LogP contribution >= 0.6 is 0 Å². The Balaban J connectivity index is 1.69. The van der Waals surface area contributed by atoms with E-state index in [-0.39, 0.29) is 10.8 Å². The first-order valence-corrected chi connectivity index (χ1v) is 10.5. The predicted molar refractivity (Wildman–Crippen MR) is 106 cm³/mol. The molecule has 2 aromatic rings. The first-order valence-electron chi connectivity index (χ1n) is 9.11. The zero-order valence-corrected chi connectivity index (χ0v) is 16.5. The van der Waals surface area contributed by atoms with Gasteiger partial charge in [0.2, 0.25) is 10.0 Å². The Labute approximate surface area is 160 Å². The van der Waals surface area contributed by atoms with Crippen LogP contribution in [0, 0.1) is 6.92 Å². The van der Waals surface area contributed by atoms with E-state index in [9.17, 15) is 13.2 Å². The topological polar surface area (TPSA) is 69.7 Å². The number of aryl methyl sites for hydroxylation is 1. The van der Waals surface area contributed by atoms with Gasteiger partial charge < -0.3 is 10.2 Å². The highest BCUT2D eigenvalue weighted by Crippen LogP contribution is 2.19. The number of benzene rings is 2. The molecule has 0 aromatic heterocycles. The van der Waals surface area contributed by atoms with E-state index >= 15 is 0 Å². The lowest BCUT2D eigenvalue weighted by Gasteiger charge is -2.33. The average molecular weight is 388 g/mol. The molecule has 0 spiro atoms. The first kappa shape index (κ1) is 19.5. The SMILES string of the molecule is CCN1CCN(S(=O)(=O)c2ccc(C(=O)Nc3ccc(C)cc3)cc2)CC1. The van der Waals surface area contributed by atoms with Gasteiger partial charge in [-0.1, -0.05) is 24.6 Å². The number of sulfonamides is 1. The molecule has 1 saturated heterocycles. The molecule has 0 atom stereocenters. The second kappa shape index (κ2) is 8.21. The molecule has 1 aliphatic rings. The van der Waals surface area contributed by atoms with E-state index in [1.165, 1.54) is 16.4 Å². The molecular weight excluding hydrogens is 362 g/mol. The van der Waals surface area contributed by atoms with E-state index in [0.717, 1.165) is 25.2 Å². The quantitative estimate of drug-likeness (QED) is 0.856. The highest BCUT2D eigenvalue weighted by molar-refractivity contribution is 7.89. The number of nitrogens with zero attached hydrogens (tertiary/aromatic N) is 2. The molecule has 0 radical (unpaired) electrons. The second-order valence-corrected chi connectivity index (χ2v) is 8.62. The molecule has 1 aliphatic heterocycles. The van der Waals surface area contributed by atoms with E-state index in [0.29, 0.717) is 24.3 Å². The van der Waals surface area contributed by atoms with Gasteiger partial charge in [-0.05, 0) is 49.9 Å². The third-order valence-corrected chi connectivity index (χ3v) is 6.76. The summed E-state index contributed by atoms with van der Waals surface area (Å²) in [4.78, 5) is 14.8. The molecule has 0 aliphatic carbocycles. The summed E-state index contributed by atoms with van der Waals surface area (Å²) >= 11 is 0.